The van der Waals surface area contributed by atoms with Crippen LogP contribution in [0.2, 0.25) is 0 Å². The van der Waals surface area contributed by atoms with Crippen LogP contribution in [0, 0.1) is 0 Å². The molecule has 0 radical (unpaired) electrons. The molecular formula is C11H18N2. The molecule has 2 heteroatoms. The highest BCUT2D eigenvalue weighted by atomic mass is 15.1. The lowest BCUT2D eigenvalue weighted by Gasteiger charge is -1.69. The van der Waals surface area contributed by atoms with Gasteiger partial charge in [0.25, 0.3) is 0 Å². The molecule has 0 aliphatic rings. The van der Waals surface area contributed by atoms with Gasteiger partial charge in [0.15, 0.2) is 0 Å². The van der Waals surface area contributed by atoms with Gasteiger partial charge in [-0.1, -0.05) is 50.2 Å². The molecule has 0 aliphatic heterocycles. The van der Waals surface area contributed by atoms with Crippen molar-refractivity contribution >= 4 is 0 Å². The summed E-state index contributed by atoms with van der Waals surface area (Å²) >= 11 is 0. The fourth-order valence-electron chi connectivity index (χ4n) is 0.600. The first-order valence-corrected chi connectivity index (χ1v) is 4.44. The van der Waals surface area contributed by atoms with Crippen LogP contribution < -0.4 is 0 Å². The van der Waals surface area contributed by atoms with Crippen molar-refractivity contribution in [2.24, 2.45) is 0 Å². The normalized spacial score (nSPS) is 7.23. The van der Waals surface area contributed by atoms with E-state index in [1.807, 2.05) is 56.3 Å². The number of hydrogen-bond acceptors (Lipinski definition) is 1. The maximum atomic E-state index is 3.60. The fraction of sp³-hybridized carbons (Fsp3) is 0.182. The van der Waals surface area contributed by atoms with E-state index in [1.54, 1.807) is 12.4 Å². The average molecular weight is 178 g/mol. The molecule has 0 spiro atoms. The lowest BCUT2D eigenvalue weighted by atomic mass is 10.4. The van der Waals surface area contributed by atoms with Crippen LogP contribution in [0.15, 0.2) is 54.9 Å². The van der Waals surface area contributed by atoms with Gasteiger partial charge in [-0.3, -0.25) is 5.10 Å². The van der Waals surface area contributed by atoms with Gasteiger partial charge in [0, 0.05) is 13.8 Å². The molecule has 0 fully saturated rings. The molecule has 2 aromatic rings. The van der Waals surface area contributed by atoms with Gasteiger partial charge in [-0.25, -0.2) is 0 Å². The van der Waals surface area contributed by atoms with E-state index >= 15 is 0 Å². The summed E-state index contributed by atoms with van der Waals surface area (Å²) in [5, 5.41) is 6.21. The van der Waals surface area contributed by atoms with E-state index in [-0.39, 0.29) is 1.43 Å². The van der Waals surface area contributed by atoms with E-state index in [9.17, 15) is 0 Å². The quantitative estimate of drug-likeness (QED) is 0.658. The molecule has 13 heavy (non-hydrogen) atoms. The largest absolute Gasteiger partial charge is 0.286 e. The van der Waals surface area contributed by atoms with E-state index in [1.165, 1.54) is 0 Å². The minimum Gasteiger partial charge on any atom is -0.286 e. The maximum absolute atomic E-state index is 3.60. The predicted octanol–water partition coefficient (Wildman–Crippen LogP) is 3.37. The fourth-order valence-corrected chi connectivity index (χ4v) is 0.600. The Morgan fingerprint density at radius 2 is 1.31 bits per heavy atom. The van der Waals surface area contributed by atoms with Crippen molar-refractivity contribution in [1.29, 1.82) is 0 Å². The zero-order valence-corrected chi connectivity index (χ0v) is 8.14. The third kappa shape index (κ3) is 8.34. The van der Waals surface area contributed by atoms with Gasteiger partial charge in [0.05, 0.1) is 0 Å². The van der Waals surface area contributed by atoms with Crippen LogP contribution in [0.25, 0.3) is 0 Å². The third-order valence-corrected chi connectivity index (χ3v) is 1.07. The SMILES string of the molecule is CC.[HH].c1ccccc1.c1cn[nH]c1. The van der Waals surface area contributed by atoms with Crippen molar-refractivity contribution in [2.45, 2.75) is 13.8 Å². The van der Waals surface area contributed by atoms with Gasteiger partial charge >= 0.3 is 0 Å². The lowest BCUT2D eigenvalue weighted by Crippen LogP contribution is -1.53. The third-order valence-electron chi connectivity index (χ3n) is 1.07. The van der Waals surface area contributed by atoms with Crippen LogP contribution in [-0.4, -0.2) is 10.2 Å². The highest BCUT2D eigenvalue weighted by Gasteiger charge is 1.58. The van der Waals surface area contributed by atoms with Gasteiger partial charge in [-0.15, -0.1) is 0 Å². The lowest BCUT2D eigenvalue weighted by molar-refractivity contribution is 1.09. The summed E-state index contributed by atoms with van der Waals surface area (Å²) in [7, 11) is 0. The monoisotopic (exact) mass is 178 g/mol. The standard InChI is InChI=1S/C6H6.C3H4N2.C2H6.H2/c1-2-4-6-5-3-1;1-2-4-5-3-1;1-2;/h1-6H;1-3H,(H,4,5);1-2H3;1H. The molecular weight excluding hydrogens is 160 g/mol. The Balaban J connectivity index is 0. The van der Waals surface area contributed by atoms with Crippen molar-refractivity contribution in [3.05, 3.63) is 54.9 Å². The second-order valence-corrected chi connectivity index (χ2v) is 1.92. The Morgan fingerprint density at radius 1 is 0.846 bits per heavy atom. The summed E-state index contributed by atoms with van der Waals surface area (Å²) < 4.78 is 0. The van der Waals surface area contributed by atoms with Crippen LogP contribution in [0.5, 0.6) is 0 Å². The number of aromatic nitrogens is 2. The number of hydrogen-bond donors (Lipinski definition) is 1. The number of benzene rings is 1. The number of nitrogens with zero attached hydrogens (tertiary/aromatic N) is 1. The van der Waals surface area contributed by atoms with Gasteiger partial charge in [0.1, 0.15) is 0 Å². The highest BCUT2D eigenvalue weighted by Crippen LogP contribution is 1.79. The summed E-state index contributed by atoms with van der Waals surface area (Å²) in [4.78, 5) is 0. The molecule has 1 heterocycles. The maximum Gasteiger partial charge on any atom is 0.0487 e. The van der Waals surface area contributed by atoms with Crippen molar-refractivity contribution in [1.82, 2.24) is 10.2 Å². The smallest absolute Gasteiger partial charge is 0.0487 e. The van der Waals surface area contributed by atoms with E-state index in [4.69, 9.17) is 0 Å². The van der Waals surface area contributed by atoms with Crippen molar-refractivity contribution in [2.75, 3.05) is 0 Å². The molecule has 1 aromatic heterocycles. The van der Waals surface area contributed by atoms with Gasteiger partial charge in [-0.2, -0.15) is 5.10 Å². The molecule has 0 atom stereocenters. The second kappa shape index (κ2) is 10.4. The molecule has 0 aliphatic carbocycles. The first-order chi connectivity index (χ1) is 6.50. The Bertz CT molecular complexity index is 199. The van der Waals surface area contributed by atoms with E-state index in [0.717, 1.165) is 0 Å². The summed E-state index contributed by atoms with van der Waals surface area (Å²) in [6, 6.07) is 13.8. The average Bonchev–Trinajstić information content (AvgIpc) is 2.82. The number of aromatic amines is 1. The molecule has 1 N–H and O–H groups in total. The highest BCUT2D eigenvalue weighted by molar-refractivity contribution is 4.99. The zero-order chi connectivity index (χ0) is 9.78. The summed E-state index contributed by atoms with van der Waals surface area (Å²) in [5.41, 5.74) is 0. The Labute approximate surface area is 81.1 Å². The molecule has 0 unspecified atom stereocenters. The first-order valence-electron chi connectivity index (χ1n) is 4.44. The molecule has 0 amide bonds. The molecule has 2 nitrogen and oxygen atoms in total. The molecule has 1 aromatic carbocycles. The number of rotatable bonds is 0. The van der Waals surface area contributed by atoms with Crippen LogP contribution in [0.1, 0.15) is 15.3 Å². The molecule has 0 saturated heterocycles. The Kier molecular flexibility index (Phi) is 9.17. The van der Waals surface area contributed by atoms with Crippen LogP contribution >= 0.6 is 0 Å². The first kappa shape index (κ1) is 11.4. The number of H-pyrrole nitrogens is 1. The van der Waals surface area contributed by atoms with Crippen LogP contribution in [0.4, 0.5) is 0 Å². The van der Waals surface area contributed by atoms with Crippen LogP contribution in [-0.2, 0) is 0 Å². The second-order valence-electron chi connectivity index (χ2n) is 1.92. The minimum absolute atomic E-state index is 0. The summed E-state index contributed by atoms with van der Waals surface area (Å²) in [6.07, 6.45) is 3.46. The zero-order valence-electron chi connectivity index (χ0n) is 8.14. The molecule has 72 valence electrons. The van der Waals surface area contributed by atoms with Crippen LogP contribution in [0.3, 0.4) is 0 Å². The minimum atomic E-state index is 0. The van der Waals surface area contributed by atoms with Crippen molar-refractivity contribution < 1.29 is 1.43 Å². The molecule has 0 bridgehead atoms. The van der Waals surface area contributed by atoms with E-state index < -0.39 is 0 Å². The van der Waals surface area contributed by atoms with Crippen molar-refractivity contribution in [3.63, 3.8) is 0 Å². The van der Waals surface area contributed by atoms with Crippen molar-refractivity contribution in [3.8, 4) is 0 Å². The van der Waals surface area contributed by atoms with Gasteiger partial charge in [0.2, 0.25) is 0 Å². The Hall–Kier alpha value is -1.57. The molecule has 2 rings (SSSR count). The summed E-state index contributed by atoms with van der Waals surface area (Å²) in [5.74, 6) is 0. The van der Waals surface area contributed by atoms with Gasteiger partial charge in [-0.05, 0) is 6.07 Å². The topological polar surface area (TPSA) is 28.7 Å². The predicted molar refractivity (Wildman–Crippen MR) is 58.5 cm³/mol. The van der Waals surface area contributed by atoms with E-state index in [0.29, 0.717) is 0 Å². The summed E-state index contributed by atoms with van der Waals surface area (Å²) in [6.45, 7) is 4.00. The molecule has 0 saturated carbocycles. The van der Waals surface area contributed by atoms with Gasteiger partial charge < -0.3 is 0 Å². The van der Waals surface area contributed by atoms with E-state index in [2.05, 4.69) is 10.2 Å². The Morgan fingerprint density at radius 3 is 1.46 bits per heavy atom. The number of nitrogens with one attached hydrogen (secondary N) is 1.